The third-order valence-corrected chi connectivity index (χ3v) is 3.31. The quantitative estimate of drug-likeness (QED) is 0.755. The van der Waals surface area contributed by atoms with Crippen molar-refractivity contribution in [2.75, 3.05) is 0 Å². The van der Waals surface area contributed by atoms with Gasteiger partial charge in [-0.1, -0.05) is 15.9 Å². The highest BCUT2D eigenvalue weighted by Crippen LogP contribution is 2.34. The molecule has 7 heteroatoms. The molecule has 0 heterocycles. The van der Waals surface area contributed by atoms with Gasteiger partial charge >= 0.3 is 6.18 Å². The van der Waals surface area contributed by atoms with Crippen molar-refractivity contribution >= 4 is 15.9 Å². The smallest absolute Gasteiger partial charge is 0.384 e. The van der Waals surface area contributed by atoms with Crippen molar-refractivity contribution in [2.24, 2.45) is 0 Å². The summed E-state index contributed by atoms with van der Waals surface area (Å²) in [5.74, 6) is -1.96. The summed E-state index contributed by atoms with van der Waals surface area (Å²) in [5, 5.41) is 10.0. The van der Waals surface area contributed by atoms with Crippen molar-refractivity contribution in [3.63, 3.8) is 0 Å². The van der Waals surface area contributed by atoms with Gasteiger partial charge in [0.15, 0.2) is 0 Å². The molecule has 1 atom stereocenters. The zero-order valence-corrected chi connectivity index (χ0v) is 11.8. The molecule has 0 spiro atoms. The highest BCUT2D eigenvalue weighted by atomic mass is 79.9. The van der Waals surface area contributed by atoms with Crippen LogP contribution >= 0.6 is 15.9 Å². The number of halogens is 6. The van der Waals surface area contributed by atoms with Crippen LogP contribution in [0.25, 0.3) is 0 Å². The van der Waals surface area contributed by atoms with Gasteiger partial charge in [0, 0.05) is 10.0 Å². The van der Waals surface area contributed by atoms with Gasteiger partial charge < -0.3 is 5.11 Å². The van der Waals surface area contributed by atoms with E-state index in [1.54, 1.807) is 0 Å². The highest BCUT2D eigenvalue weighted by molar-refractivity contribution is 9.10. The molecule has 0 aliphatic carbocycles. The Morgan fingerprint density at radius 3 is 2.29 bits per heavy atom. The van der Waals surface area contributed by atoms with E-state index in [1.165, 1.54) is 12.1 Å². The number of rotatable bonds is 2. The first kappa shape index (κ1) is 15.9. The maximum absolute atomic E-state index is 13.6. The zero-order valence-electron chi connectivity index (χ0n) is 10.3. The van der Waals surface area contributed by atoms with Crippen LogP contribution in [0.4, 0.5) is 22.0 Å². The minimum absolute atomic E-state index is 0.247. The van der Waals surface area contributed by atoms with Crippen molar-refractivity contribution in [3.8, 4) is 0 Å². The Morgan fingerprint density at radius 2 is 1.67 bits per heavy atom. The molecule has 0 amide bonds. The monoisotopic (exact) mass is 366 g/mol. The molecule has 21 heavy (non-hydrogen) atoms. The summed E-state index contributed by atoms with van der Waals surface area (Å²) < 4.78 is 65.3. The molecule has 1 nitrogen and oxygen atoms in total. The van der Waals surface area contributed by atoms with Gasteiger partial charge in [-0.15, -0.1) is 0 Å². The molecular formula is C14H8BrF5O. The van der Waals surface area contributed by atoms with Crippen LogP contribution in [-0.4, -0.2) is 5.11 Å². The second-order valence-corrected chi connectivity index (χ2v) is 5.26. The Balaban J connectivity index is 2.51. The lowest BCUT2D eigenvalue weighted by molar-refractivity contribution is -0.137. The van der Waals surface area contributed by atoms with E-state index in [1.807, 2.05) is 0 Å². The molecule has 0 saturated carbocycles. The number of alkyl halides is 3. The molecule has 0 fully saturated rings. The van der Waals surface area contributed by atoms with E-state index in [9.17, 15) is 27.1 Å². The lowest BCUT2D eigenvalue weighted by atomic mass is 9.99. The maximum atomic E-state index is 13.6. The van der Waals surface area contributed by atoms with E-state index in [0.29, 0.717) is 16.6 Å². The summed E-state index contributed by atoms with van der Waals surface area (Å²) in [7, 11) is 0. The van der Waals surface area contributed by atoms with Crippen LogP contribution in [0.15, 0.2) is 40.9 Å². The molecule has 0 aliphatic heterocycles. The molecule has 2 aromatic carbocycles. The molecular weight excluding hydrogens is 359 g/mol. The average Bonchev–Trinajstić information content (AvgIpc) is 2.39. The predicted molar refractivity (Wildman–Crippen MR) is 69.6 cm³/mol. The van der Waals surface area contributed by atoms with Crippen molar-refractivity contribution < 1.29 is 27.1 Å². The molecule has 0 aromatic heterocycles. The van der Waals surface area contributed by atoms with Gasteiger partial charge in [-0.25, -0.2) is 8.78 Å². The SMILES string of the molecule is OC(c1cc(F)cc(C(F)(F)F)c1)c1cc(Br)ccc1F. The van der Waals surface area contributed by atoms with Crippen LogP contribution < -0.4 is 0 Å². The summed E-state index contributed by atoms with van der Waals surface area (Å²) in [6.07, 6.45) is -6.47. The number of aliphatic hydroxyl groups is 1. The Kier molecular flexibility index (Phi) is 4.34. The van der Waals surface area contributed by atoms with Gasteiger partial charge in [0.25, 0.3) is 0 Å². The summed E-state index contributed by atoms with van der Waals surface area (Å²) in [6, 6.07) is 5.28. The van der Waals surface area contributed by atoms with Gasteiger partial charge in [0.1, 0.15) is 17.7 Å². The molecule has 112 valence electrons. The fraction of sp³-hybridized carbons (Fsp3) is 0.143. The van der Waals surface area contributed by atoms with E-state index in [0.717, 1.165) is 12.1 Å². The van der Waals surface area contributed by atoms with Gasteiger partial charge in [-0.3, -0.25) is 0 Å². The standard InChI is InChI=1S/C14H8BrF5O/c15-9-1-2-12(17)11(6-9)13(21)7-3-8(14(18,19)20)5-10(16)4-7/h1-6,13,21H. The topological polar surface area (TPSA) is 20.2 Å². The number of hydrogen-bond donors (Lipinski definition) is 1. The van der Waals surface area contributed by atoms with Gasteiger partial charge in [0.2, 0.25) is 0 Å². The molecule has 0 radical (unpaired) electrons. The largest absolute Gasteiger partial charge is 0.416 e. The second kappa shape index (κ2) is 5.73. The van der Waals surface area contributed by atoms with Crippen molar-refractivity contribution in [3.05, 3.63) is 69.2 Å². The number of aliphatic hydroxyl groups excluding tert-OH is 1. The number of hydrogen-bond acceptors (Lipinski definition) is 1. The molecule has 2 rings (SSSR count). The molecule has 2 aromatic rings. The minimum atomic E-state index is -4.76. The fourth-order valence-corrected chi connectivity index (χ4v) is 2.22. The van der Waals surface area contributed by atoms with Gasteiger partial charge in [-0.2, -0.15) is 13.2 Å². The summed E-state index contributed by atoms with van der Waals surface area (Å²) in [6.45, 7) is 0. The van der Waals surface area contributed by atoms with Crippen LogP contribution in [0.2, 0.25) is 0 Å². The third kappa shape index (κ3) is 3.59. The van der Waals surface area contributed by atoms with Gasteiger partial charge in [0.05, 0.1) is 5.56 Å². The van der Waals surface area contributed by atoms with Gasteiger partial charge in [-0.05, 0) is 42.0 Å². The Bertz CT molecular complexity index is 669. The maximum Gasteiger partial charge on any atom is 0.416 e. The van der Waals surface area contributed by atoms with Crippen LogP contribution in [0.5, 0.6) is 0 Å². The van der Waals surface area contributed by atoms with Crippen LogP contribution in [-0.2, 0) is 6.18 Å². The van der Waals surface area contributed by atoms with E-state index >= 15 is 0 Å². The normalized spacial score (nSPS) is 13.3. The van der Waals surface area contributed by atoms with Crippen LogP contribution in [0.3, 0.4) is 0 Å². The first-order valence-electron chi connectivity index (χ1n) is 5.69. The predicted octanol–water partition coefficient (Wildman–Crippen LogP) is 4.83. The second-order valence-electron chi connectivity index (χ2n) is 4.34. The average molecular weight is 367 g/mol. The van der Waals surface area contributed by atoms with Crippen molar-refractivity contribution in [2.45, 2.75) is 12.3 Å². The summed E-state index contributed by atoms with van der Waals surface area (Å²) in [5.41, 5.74) is -1.87. The minimum Gasteiger partial charge on any atom is -0.384 e. The Labute approximate surface area is 125 Å². The third-order valence-electron chi connectivity index (χ3n) is 2.82. The summed E-state index contributed by atoms with van der Waals surface area (Å²) in [4.78, 5) is 0. The molecule has 0 bridgehead atoms. The summed E-state index contributed by atoms with van der Waals surface area (Å²) >= 11 is 3.07. The molecule has 1 unspecified atom stereocenters. The highest BCUT2D eigenvalue weighted by Gasteiger charge is 2.32. The van der Waals surface area contributed by atoms with E-state index < -0.39 is 29.5 Å². The Morgan fingerprint density at radius 1 is 1.00 bits per heavy atom. The zero-order chi connectivity index (χ0) is 15.8. The Hall–Kier alpha value is -1.47. The lowest BCUT2D eigenvalue weighted by Gasteiger charge is -2.15. The first-order valence-corrected chi connectivity index (χ1v) is 6.48. The van der Waals surface area contributed by atoms with Crippen molar-refractivity contribution in [1.82, 2.24) is 0 Å². The lowest BCUT2D eigenvalue weighted by Crippen LogP contribution is -2.09. The number of benzene rings is 2. The van der Waals surface area contributed by atoms with Crippen LogP contribution in [0.1, 0.15) is 22.8 Å². The van der Waals surface area contributed by atoms with Crippen molar-refractivity contribution in [1.29, 1.82) is 0 Å². The fourth-order valence-electron chi connectivity index (χ4n) is 1.84. The molecule has 1 N–H and O–H groups in total. The van der Waals surface area contributed by atoms with Crippen LogP contribution in [0, 0.1) is 11.6 Å². The van der Waals surface area contributed by atoms with E-state index in [2.05, 4.69) is 15.9 Å². The molecule has 0 saturated heterocycles. The first-order chi connectivity index (χ1) is 9.68. The van der Waals surface area contributed by atoms with E-state index in [-0.39, 0.29) is 11.1 Å². The molecule has 0 aliphatic rings. The van der Waals surface area contributed by atoms with E-state index in [4.69, 9.17) is 0 Å².